The van der Waals surface area contributed by atoms with E-state index in [2.05, 4.69) is 41.2 Å². The number of rotatable bonds is 6. The van der Waals surface area contributed by atoms with Crippen LogP contribution in [0.25, 0.3) is 0 Å². The zero-order chi connectivity index (χ0) is 27.1. The molecule has 4 N–H and O–H groups in total. The van der Waals surface area contributed by atoms with Crippen molar-refractivity contribution in [2.24, 2.45) is 39.4 Å². The molecular formula is C31H50O5. The molecule has 204 valence electrons. The molecule has 36 heavy (non-hydrogen) atoms. The van der Waals surface area contributed by atoms with Gasteiger partial charge in [0.05, 0.1) is 23.7 Å². The second kappa shape index (κ2) is 8.68. The van der Waals surface area contributed by atoms with Gasteiger partial charge >= 0.3 is 5.97 Å². The molecule has 5 heteroatoms. The quantitative estimate of drug-likeness (QED) is 0.340. The zero-order valence-corrected chi connectivity index (χ0v) is 23.7. The van der Waals surface area contributed by atoms with Gasteiger partial charge < -0.3 is 20.4 Å². The number of carbonyl (C=O) groups is 1. The molecule has 8 atom stereocenters. The van der Waals surface area contributed by atoms with Gasteiger partial charge in [-0.15, -0.1) is 0 Å². The van der Waals surface area contributed by atoms with Crippen molar-refractivity contribution in [3.8, 4) is 0 Å². The fourth-order valence-electron chi connectivity index (χ4n) is 9.59. The molecule has 2 saturated carbocycles. The fraction of sp³-hybridized carbons (Fsp3) is 0.839. The normalized spacial score (nSPS) is 42.8. The summed E-state index contributed by atoms with van der Waals surface area (Å²) < 4.78 is 0. The van der Waals surface area contributed by atoms with E-state index in [1.165, 1.54) is 5.57 Å². The van der Waals surface area contributed by atoms with E-state index in [9.17, 15) is 25.2 Å². The first-order valence-electron chi connectivity index (χ1n) is 14.1. The van der Waals surface area contributed by atoms with Crippen molar-refractivity contribution in [2.75, 3.05) is 0 Å². The van der Waals surface area contributed by atoms with Gasteiger partial charge in [0.1, 0.15) is 0 Å². The van der Waals surface area contributed by atoms with Crippen molar-refractivity contribution in [2.45, 2.75) is 124 Å². The number of carboxylic acids is 1. The van der Waals surface area contributed by atoms with Gasteiger partial charge in [-0.05, 0) is 105 Å². The number of carboxylic acid groups (broad SMARTS) is 1. The van der Waals surface area contributed by atoms with E-state index in [1.807, 2.05) is 0 Å². The number of hydrogen-bond acceptors (Lipinski definition) is 4. The molecule has 5 nitrogen and oxygen atoms in total. The molecule has 8 unspecified atom stereocenters. The van der Waals surface area contributed by atoms with Gasteiger partial charge in [0.25, 0.3) is 0 Å². The Balaban J connectivity index is 1.71. The monoisotopic (exact) mass is 502 g/mol. The van der Waals surface area contributed by atoms with Crippen LogP contribution in [0.4, 0.5) is 0 Å². The first-order chi connectivity index (χ1) is 16.4. The van der Waals surface area contributed by atoms with E-state index >= 15 is 0 Å². The molecule has 0 amide bonds. The number of allylic oxidation sites excluding steroid dienone is 2. The number of hydrogen-bond donors (Lipinski definition) is 4. The second-order valence-corrected chi connectivity index (χ2v) is 14.5. The van der Waals surface area contributed by atoms with Crippen LogP contribution in [0.1, 0.15) is 106 Å². The molecule has 0 aromatic heterocycles. The molecule has 0 spiro atoms. The van der Waals surface area contributed by atoms with Gasteiger partial charge in [-0.3, -0.25) is 4.79 Å². The van der Waals surface area contributed by atoms with Gasteiger partial charge in [0.2, 0.25) is 0 Å². The highest BCUT2D eigenvalue weighted by Crippen LogP contribution is 2.72. The number of fused-ring (bicyclic) bond motifs is 4. The highest BCUT2D eigenvalue weighted by molar-refractivity contribution is 5.71. The molecule has 0 heterocycles. The Morgan fingerprint density at radius 2 is 1.69 bits per heavy atom. The molecule has 0 aromatic carbocycles. The Hall–Kier alpha value is -1.17. The SMILES string of the molecule is C=C(CCC(C(=O)O)C1C(O)CC2(C)C3=C(CCC12C)C1(C)CCC(O)C(C)(C)C1CC3)C(C)(C)O. The van der Waals surface area contributed by atoms with Crippen molar-refractivity contribution in [1.29, 1.82) is 0 Å². The average Bonchev–Trinajstić information content (AvgIpc) is 2.96. The summed E-state index contributed by atoms with van der Waals surface area (Å²) in [7, 11) is 0. The first-order valence-corrected chi connectivity index (χ1v) is 14.1. The van der Waals surface area contributed by atoms with Crippen molar-refractivity contribution < 1.29 is 25.2 Å². The molecular weight excluding hydrogens is 452 g/mol. The third-order valence-corrected chi connectivity index (χ3v) is 12.2. The smallest absolute Gasteiger partial charge is 0.306 e. The Labute approximate surface area is 218 Å². The van der Waals surface area contributed by atoms with Gasteiger partial charge in [-0.2, -0.15) is 0 Å². The third kappa shape index (κ3) is 3.86. The average molecular weight is 503 g/mol. The highest BCUT2D eigenvalue weighted by atomic mass is 16.4. The minimum Gasteiger partial charge on any atom is -0.481 e. The summed E-state index contributed by atoms with van der Waals surface area (Å²) in [4.78, 5) is 12.6. The Bertz CT molecular complexity index is 957. The summed E-state index contributed by atoms with van der Waals surface area (Å²) in [6.45, 7) is 18.8. The van der Waals surface area contributed by atoms with Crippen LogP contribution in [0.15, 0.2) is 23.3 Å². The van der Waals surface area contributed by atoms with E-state index in [0.29, 0.717) is 30.8 Å². The van der Waals surface area contributed by atoms with Crippen LogP contribution in [0.3, 0.4) is 0 Å². The van der Waals surface area contributed by atoms with E-state index < -0.39 is 23.6 Å². The standard InChI is InChI=1S/C31H50O5/c1-18(28(4,5)36)9-10-19(26(34)35)25-22(32)17-31(8)21-11-12-23-27(2,3)24(33)14-15-29(23,6)20(21)13-16-30(25,31)7/h19,22-25,32-33,36H,1,9-17H2,2-8H3,(H,34,35). The number of aliphatic carboxylic acids is 1. The minimum atomic E-state index is -1.05. The summed E-state index contributed by atoms with van der Waals surface area (Å²) in [5, 5.41) is 43.0. The van der Waals surface area contributed by atoms with Crippen LogP contribution in [0.2, 0.25) is 0 Å². The molecule has 0 bridgehead atoms. The molecule has 0 aromatic rings. The maximum Gasteiger partial charge on any atom is 0.306 e. The predicted molar refractivity (Wildman–Crippen MR) is 142 cm³/mol. The first kappa shape index (κ1) is 27.9. The second-order valence-electron chi connectivity index (χ2n) is 14.5. The zero-order valence-electron chi connectivity index (χ0n) is 23.7. The Morgan fingerprint density at radius 1 is 1.06 bits per heavy atom. The summed E-state index contributed by atoms with van der Waals surface area (Å²) in [6.07, 6.45) is 6.15. The number of aliphatic hydroxyl groups excluding tert-OH is 2. The lowest BCUT2D eigenvalue weighted by Gasteiger charge is -2.62. The molecule has 0 aliphatic heterocycles. The lowest BCUT2D eigenvalue weighted by molar-refractivity contribution is -0.149. The third-order valence-electron chi connectivity index (χ3n) is 12.2. The van der Waals surface area contributed by atoms with Crippen LogP contribution in [-0.4, -0.2) is 44.2 Å². The van der Waals surface area contributed by atoms with Crippen LogP contribution in [0.5, 0.6) is 0 Å². The minimum absolute atomic E-state index is 0.0559. The van der Waals surface area contributed by atoms with Gasteiger partial charge in [0.15, 0.2) is 0 Å². The maximum absolute atomic E-state index is 12.6. The summed E-state index contributed by atoms with van der Waals surface area (Å²) >= 11 is 0. The van der Waals surface area contributed by atoms with Crippen LogP contribution >= 0.6 is 0 Å². The van der Waals surface area contributed by atoms with E-state index in [4.69, 9.17) is 0 Å². The molecule has 2 fully saturated rings. The fourth-order valence-corrected chi connectivity index (χ4v) is 9.59. The lowest BCUT2D eigenvalue weighted by atomic mass is 9.43. The van der Waals surface area contributed by atoms with Crippen LogP contribution in [0, 0.1) is 39.4 Å². The van der Waals surface area contributed by atoms with Crippen LogP contribution < -0.4 is 0 Å². The van der Waals surface area contributed by atoms with E-state index in [0.717, 1.165) is 38.5 Å². The van der Waals surface area contributed by atoms with Gasteiger partial charge in [0, 0.05) is 5.92 Å². The topological polar surface area (TPSA) is 98.0 Å². The molecule has 0 radical (unpaired) electrons. The predicted octanol–water partition coefficient (Wildman–Crippen LogP) is 5.88. The van der Waals surface area contributed by atoms with Crippen molar-refractivity contribution in [3.05, 3.63) is 23.3 Å². The molecule has 4 aliphatic carbocycles. The Kier molecular flexibility index (Phi) is 6.71. The summed E-state index contributed by atoms with van der Waals surface area (Å²) in [5.74, 6) is -1.43. The van der Waals surface area contributed by atoms with Crippen molar-refractivity contribution in [1.82, 2.24) is 0 Å². The molecule has 0 saturated heterocycles. The van der Waals surface area contributed by atoms with E-state index in [-0.39, 0.29) is 33.7 Å². The van der Waals surface area contributed by atoms with Gasteiger partial charge in [-0.1, -0.05) is 52.3 Å². The van der Waals surface area contributed by atoms with Crippen LogP contribution in [-0.2, 0) is 4.79 Å². The lowest BCUT2D eigenvalue weighted by Crippen LogP contribution is -2.55. The molecule has 4 rings (SSSR count). The van der Waals surface area contributed by atoms with Crippen molar-refractivity contribution in [3.63, 3.8) is 0 Å². The van der Waals surface area contributed by atoms with Crippen molar-refractivity contribution >= 4 is 5.97 Å². The Morgan fingerprint density at radius 3 is 2.28 bits per heavy atom. The largest absolute Gasteiger partial charge is 0.481 e. The summed E-state index contributed by atoms with van der Waals surface area (Å²) in [6, 6.07) is 0. The molecule has 4 aliphatic rings. The maximum atomic E-state index is 12.6. The van der Waals surface area contributed by atoms with E-state index in [1.54, 1.807) is 19.4 Å². The summed E-state index contributed by atoms with van der Waals surface area (Å²) in [5.41, 5.74) is 2.01. The highest BCUT2D eigenvalue weighted by Gasteiger charge is 2.66. The van der Waals surface area contributed by atoms with Gasteiger partial charge in [-0.25, -0.2) is 0 Å². The number of aliphatic hydroxyl groups is 3.